The van der Waals surface area contributed by atoms with Crippen molar-refractivity contribution in [2.24, 2.45) is 0 Å². The zero-order valence-electron chi connectivity index (χ0n) is 12.2. The fraction of sp³-hybridized carbons (Fsp3) is 0.308. The molecule has 0 radical (unpaired) electrons. The Labute approximate surface area is 146 Å². The Morgan fingerprint density at radius 2 is 2.09 bits per heavy atom. The molecule has 0 aliphatic heterocycles. The topological polar surface area (TPSA) is 78.6 Å². The van der Waals surface area contributed by atoms with E-state index in [4.69, 9.17) is 16.3 Å². The first-order chi connectivity index (χ1) is 11.3. The predicted molar refractivity (Wildman–Crippen MR) is 89.6 cm³/mol. The summed E-state index contributed by atoms with van der Waals surface area (Å²) in [6.07, 6.45) is 3.47. The standard InChI is InChI=1S/C13H13ClN6OS2/c1-21-7-6-20-12(9-2-4-15-5-3-9)17-18-13(20)22-8-10-11(14)23-19-16-10/h2-5H,6-8H2,1H3. The zero-order chi connectivity index (χ0) is 16.1. The molecule has 0 unspecified atom stereocenters. The van der Waals surface area contributed by atoms with Gasteiger partial charge >= 0.3 is 0 Å². The van der Waals surface area contributed by atoms with E-state index >= 15 is 0 Å². The van der Waals surface area contributed by atoms with Gasteiger partial charge in [0.1, 0.15) is 10.0 Å². The summed E-state index contributed by atoms with van der Waals surface area (Å²) in [6, 6.07) is 3.81. The second-order valence-electron chi connectivity index (χ2n) is 4.47. The number of nitrogens with zero attached hydrogens (tertiary/aromatic N) is 6. The number of methoxy groups -OCH3 is 1. The van der Waals surface area contributed by atoms with Gasteiger partial charge in [-0.05, 0) is 12.1 Å². The first-order valence-electron chi connectivity index (χ1n) is 6.71. The molecule has 0 fully saturated rings. The summed E-state index contributed by atoms with van der Waals surface area (Å²) in [4.78, 5) is 4.03. The molecule has 23 heavy (non-hydrogen) atoms. The quantitative estimate of drug-likeness (QED) is 0.593. The van der Waals surface area contributed by atoms with E-state index in [1.54, 1.807) is 19.5 Å². The monoisotopic (exact) mass is 368 g/mol. The molecule has 0 saturated heterocycles. The highest BCUT2D eigenvalue weighted by Gasteiger charge is 2.15. The maximum Gasteiger partial charge on any atom is 0.191 e. The number of hydrogen-bond acceptors (Lipinski definition) is 8. The van der Waals surface area contributed by atoms with Gasteiger partial charge in [0, 0.05) is 42.4 Å². The van der Waals surface area contributed by atoms with Gasteiger partial charge in [0.2, 0.25) is 0 Å². The van der Waals surface area contributed by atoms with Crippen LogP contribution in [0.3, 0.4) is 0 Å². The molecule has 0 N–H and O–H groups in total. The summed E-state index contributed by atoms with van der Waals surface area (Å²) in [5.74, 6) is 1.38. The first-order valence-corrected chi connectivity index (χ1v) is 8.85. The van der Waals surface area contributed by atoms with Crippen molar-refractivity contribution < 1.29 is 4.74 Å². The first kappa shape index (κ1) is 16.3. The van der Waals surface area contributed by atoms with Crippen LogP contribution < -0.4 is 0 Å². The van der Waals surface area contributed by atoms with Crippen LogP contribution >= 0.6 is 34.9 Å². The summed E-state index contributed by atoms with van der Waals surface area (Å²) in [5.41, 5.74) is 1.72. The number of hydrogen-bond donors (Lipinski definition) is 0. The van der Waals surface area contributed by atoms with Crippen molar-refractivity contribution in [1.29, 1.82) is 0 Å². The van der Waals surface area contributed by atoms with Crippen molar-refractivity contribution in [3.63, 3.8) is 0 Å². The van der Waals surface area contributed by atoms with Gasteiger partial charge < -0.3 is 4.74 Å². The minimum absolute atomic E-state index is 0.572. The fourth-order valence-corrected chi connectivity index (χ4v) is 3.61. The molecular weight excluding hydrogens is 356 g/mol. The normalized spacial score (nSPS) is 11.0. The molecule has 0 aromatic carbocycles. The van der Waals surface area contributed by atoms with Crippen molar-refractivity contribution in [3.05, 3.63) is 34.6 Å². The number of aromatic nitrogens is 6. The highest BCUT2D eigenvalue weighted by atomic mass is 35.5. The third kappa shape index (κ3) is 3.86. The summed E-state index contributed by atoms with van der Waals surface area (Å²) >= 11 is 8.74. The van der Waals surface area contributed by atoms with E-state index in [-0.39, 0.29) is 0 Å². The SMILES string of the molecule is COCCn1c(SCc2nnsc2Cl)nnc1-c1ccncc1. The Balaban J connectivity index is 1.84. The lowest BCUT2D eigenvalue weighted by Crippen LogP contribution is -2.07. The Bertz CT molecular complexity index is 763. The maximum atomic E-state index is 6.04. The predicted octanol–water partition coefficient (Wildman–Crippen LogP) is 2.78. The van der Waals surface area contributed by atoms with Crippen molar-refractivity contribution in [2.45, 2.75) is 17.5 Å². The van der Waals surface area contributed by atoms with Gasteiger partial charge in [-0.3, -0.25) is 9.55 Å². The highest BCUT2D eigenvalue weighted by molar-refractivity contribution is 7.98. The van der Waals surface area contributed by atoms with Gasteiger partial charge in [-0.25, -0.2) is 0 Å². The van der Waals surface area contributed by atoms with Crippen molar-refractivity contribution in [3.8, 4) is 11.4 Å². The van der Waals surface area contributed by atoms with Crippen LogP contribution in [0.2, 0.25) is 4.34 Å². The molecule has 0 aliphatic carbocycles. The van der Waals surface area contributed by atoms with Crippen LogP contribution in [0.1, 0.15) is 5.69 Å². The van der Waals surface area contributed by atoms with E-state index in [2.05, 4.69) is 24.8 Å². The smallest absolute Gasteiger partial charge is 0.191 e. The molecule has 3 rings (SSSR count). The van der Waals surface area contributed by atoms with E-state index in [0.717, 1.165) is 22.2 Å². The van der Waals surface area contributed by atoms with Crippen LogP contribution in [0.5, 0.6) is 0 Å². The second-order valence-corrected chi connectivity index (χ2v) is 6.77. The lowest BCUT2D eigenvalue weighted by Gasteiger charge is -2.09. The molecule has 7 nitrogen and oxygen atoms in total. The van der Waals surface area contributed by atoms with E-state index in [1.165, 1.54) is 23.3 Å². The molecule has 0 saturated carbocycles. The molecular formula is C13H13ClN6OS2. The molecule has 120 valence electrons. The molecule has 0 atom stereocenters. The highest BCUT2D eigenvalue weighted by Crippen LogP contribution is 2.28. The van der Waals surface area contributed by atoms with E-state index < -0.39 is 0 Å². The third-order valence-corrected chi connectivity index (χ3v) is 4.98. The van der Waals surface area contributed by atoms with E-state index in [0.29, 0.717) is 23.2 Å². The van der Waals surface area contributed by atoms with Crippen LogP contribution in [0.15, 0.2) is 29.7 Å². The Kier molecular flexibility index (Phi) is 5.55. The molecule has 3 aromatic rings. The molecule has 3 aromatic heterocycles. The number of thioether (sulfide) groups is 1. The Morgan fingerprint density at radius 1 is 1.26 bits per heavy atom. The lowest BCUT2D eigenvalue weighted by molar-refractivity contribution is 0.185. The minimum atomic E-state index is 0.572. The van der Waals surface area contributed by atoms with Gasteiger partial charge in [0.25, 0.3) is 0 Å². The second kappa shape index (κ2) is 7.82. The van der Waals surface area contributed by atoms with Crippen molar-refractivity contribution in [1.82, 2.24) is 29.3 Å². The average Bonchev–Trinajstić information content (AvgIpc) is 3.17. The summed E-state index contributed by atoms with van der Waals surface area (Å²) in [7, 11) is 1.67. The number of ether oxygens (including phenoxy) is 1. The molecule has 0 amide bonds. The van der Waals surface area contributed by atoms with Gasteiger partial charge in [0.15, 0.2) is 11.0 Å². The molecule has 10 heteroatoms. The van der Waals surface area contributed by atoms with Crippen LogP contribution in [-0.4, -0.2) is 43.1 Å². The maximum absolute atomic E-state index is 6.04. The van der Waals surface area contributed by atoms with Crippen LogP contribution in [0.4, 0.5) is 0 Å². The van der Waals surface area contributed by atoms with Gasteiger partial charge in [-0.2, -0.15) is 0 Å². The molecule has 0 bridgehead atoms. The van der Waals surface area contributed by atoms with Crippen molar-refractivity contribution >= 4 is 34.9 Å². The number of pyridine rings is 1. The third-order valence-electron chi connectivity index (χ3n) is 3.02. The summed E-state index contributed by atoms with van der Waals surface area (Å²) < 4.78 is 11.7. The van der Waals surface area contributed by atoms with E-state index in [9.17, 15) is 0 Å². The minimum Gasteiger partial charge on any atom is -0.383 e. The Hall–Kier alpha value is -1.55. The average molecular weight is 369 g/mol. The summed E-state index contributed by atoms with van der Waals surface area (Å²) in [6.45, 7) is 1.23. The van der Waals surface area contributed by atoms with Crippen molar-refractivity contribution in [2.75, 3.05) is 13.7 Å². The Morgan fingerprint density at radius 3 is 2.78 bits per heavy atom. The zero-order valence-corrected chi connectivity index (χ0v) is 14.6. The van der Waals surface area contributed by atoms with E-state index in [1.807, 2.05) is 16.7 Å². The number of halogens is 1. The van der Waals surface area contributed by atoms with Crippen LogP contribution in [-0.2, 0) is 17.0 Å². The van der Waals surface area contributed by atoms with Gasteiger partial charge in [-0.15, -0.1) is 15.3 Å². The lowest BCUT2D eigenvalue weighted by atomic mass is 10.2. The van der Waals surface area contributed by atoms with Crippen LogP contribution in [0, 0.1) is 0 Å². The fourth-order valence-electron chi connectivity index (χ4n) is 1.91. The molecule has 3 heterocycles. The van der Waals surface area contributed by atoms with Gasteiger partial charge in [0.05, 0.1) is 13.2 Å². The van der Waals surface area contributed by atoms with Gasteiger partial charge in [-0.1, -0.05) is 27.9 Å². The molecule has 0 spiro atoms. The summed E-state index contributed by atoms with van der Waals surface area (Å²) in [5, 5.41) is 13.4. The molecule has 0 aliphatic rings. The largest absolute Gasteiger partial charge is 0.383 e. The number of rotatable bonds is 7. The van der Waals surface area contributed by atoms with Crippen LogP contribution in [0.25, 0.3) is 11.4 Å².